The molecule has 1 aromatic rings. The van der Waals surface area contributed by atoms with Gasteiger partial charge < -0.3 is 10.1 Å². The summed E-state index contributed by atoms with van der Waals surface area (Å²) in [5.41, 5.74) is 0.636. The van der Waals surface area contributed by atoms with E-state index in [2.05, 4.69) is 35.1 Å². The lowest BCUT2D eigenvalue weighted by atomic mass is 10.1. The van der Waals surface area contributed by atoms with Crippen LogP contribution in [0.3, 0.4) is 0 Å². The van der Waals surface area contributed by atoms with Crippen molar-refractivity contribution in [2.24, 2.45) is 5.92 Å². The molecule has 3 nitrogen and oxygen atoms in total. The van der Waals surface area contributed by atoms with Crippen molar-refractivity contribution < 1.29 is 9.53 Å². The summed E-state index contributed by atoms with van der Waals surface area (Å²) < 4.78 is 6.50. The molecule has 1 amide bonds. The van der Waals surface area contributed by atoms with Gasteiger partial charge in [-0.25, -0.2) is 0 Å². The van der Waals surface area contributed by atoms with E-state index in [1.165, 1.54) is 0 Å². The van der Waals surface area contributed by atoms with Crippen molar-refractivity contribution >= 4 is 21.8 Å². The molecule has 19 heavy (non-hydrogen) atoms. The molecule has 0 aromatic heterocycles. The van der Waals surface area contributed by atoms with E-state index in [0.29, 0.717) is 18.1 Å². The van der Waals surface area contributed by atoms with Crippen LogP contribution >= 0.6 is 15.9 Å². The highest BCUT2D eigenvalue weighted by atomic mass is 79.9. The Balaban J connectivity index is 2.66. The van der Waals surface area contributed by atoms with E-state index in [1.54, 1.807) is 12.1 Å². The van der Waals surface area contributed by atoms with E-state index >= 15 is 0 Å². The highest BCUT2D eigenvalue weighted by molar-refractivity contribution is 9.10. The van der Waals surface area contributed by atoms with Gasteiger partial charge in [0.1, 0.15) is 5.75 Å². The van der Waals surface area contributed by atoms with Gasteiger partial charge in [0, 0.05) is 11.6 Å². The topological polar surface area (TPSA) is 38.3 Å². The van der Waals surface area contributed by atoms with Crippen molar-refractivity contribution in [2.45, 2.75) is 40.2 Å². The molecule has 1 rings (SSSR count). The molecule has 0 spiro atoms. The summed E-state index contributed by atoms with van der Waals surface area (Å²) in [5, 5.41) is 2.86. The summed E-state index contributed by atoms with van der Waals surface area (Å²) in [5.74, 6) is 1.33. The Morgan fingerprint density at radius 2 is 2.00 bits per heavy atom. The van der Waals surface area contributed by atoms with Crippen LogP contribution in [-0.4, -0.2) is 18.6 Å². The minimum atomic E-state index is -0.0653. The molecule has 0 atom stereocenters. The SMILES string of the molecule is CC(C)CCOc1ccc(C(=O)NC(C)C)cc1Br. The van der Waals surface area contributed by atoms with Crippen molar-refractivity contribution in [1.82, 2.24) is 5.32 Å². The van der Waals surface area contributed by atoms with Crippen LogP contribution in [0.1, 0.15) is 44.5 Å². The number of carbonyl (C=O) groups is 1. The van der Waals surface area contributed by atoms with E-state index in [1.807, 2.05) is 19.9 Å². The molecule has 106 valence electrons. The normalized spacial score (nSPS) is 10.9. The fourth-order valence-corrected chi connectivity index (χ4v) is 2.00. The summed E-state index contributed by atoms with van der Waals surface area (Å²) in [6.45, 7) is 8.90. The third-order valence-corrected chi connectivity index (χ3v) is 3.19. The number of carbonyl (C=O) groups excluding carboxylic acids is 1. The summed E-state index contributed by atoms with van der Waals surface area (Å²) in [4.78, 5) is 11.8. The minimum absolute atomic E-state index is 0.0653. The molecule has 1 aromatic carbocycles. The smallest absolute Gasteiger partial charge is 0.251 e. The molecule has 0 heterocycles. The molecule has 0 aliphatic heterocycles. The van der Waals surface area contributed by atoms with E-state index < -0.39 is 0 Å². The second-order valence-electron chi connectivity index (χ2n) is 5.30. The van der Waals surface area contributed by atoms with Crippen LogP contribution in [0.2, 0.25) is 0 Å². The Kier molecular flexibility index (Phi) is 6.35. The fourth-order valence-electron chi connectivity index (χ4n) is 1.51. The second kappa shape index (κ2) is 7.53. The summed E-state index contributed by atoms with van der Waals surface area (Å²) in [6.07, 6.45) is 1.02. The quantitative estimate of drug-likeness (QED) is 0.857. The molecule has 0 aliphatic rings. The maximum absolute atomic E-state index is 11.8. The van der Waals surface area contributed by atoms with Gasteiger partial charge in [-0.3, -0.25) is 4.79 Å². The summed E-state index contributed by atoms with van der Waals surface area (Å²) in [6, 6.07) is 5.54. The van der Waals surface area contributed by atoms with Gasteiger partial charge in [-0.2, -0.15) is 0 Å². The minimum Gasteiger partial charge on any atom is -0.492 e. The second-order valence-corrected chi connectivity index (χ2v) is 6.16. The number of amides is 1. The van der Waals surface area contributed by atoms with Crippen LogP contribution in [0, 0.1) is 5.92 Å². The molecule has 0 radical (unpaired) electrons. The third-order valence-electron chi connectivity index (χ3n) is 2.57. The van der Waals surface area contributed by atoms with Gasteiger partial charge in [-0.05, 0) is 60.3 Å². The monoisotopic (exact) mass is 327 g/mol. The van der Waals surface area contributed by atoms with E-state index in [0.717, 1.165) is 16.6 Å². The maximum Gasteiger partial charge on any atom is 0.251 e. The van der Waals surface area contributed by atoms with Crippen LogP contribution in [0.25, 0.3) is 0 Å². The fraction of sp³-hybridized carbons (Fsp3) is 0.533. The van der Waals surface area contributed by atoms with Crippen molar-refractivity contribution in [3.8, 4) is 5.75 Å². The predicted molar refractivity (Wildman–Crippen MR) is 81.7 cm³/mol. The number of halogens is 1. The molecule has 0 fully saturated rings. The number of hydrogen-bond donors (Lipinski definition) is 1. The van der Waals surface area contributed by atoms with Crippen LogP contribution < -0.4 is 10.1 Å². The number of benzene rings is 1. The maximum atomic E-state index is 11.8. The average Bonchev–Trinajstić information content (AvgIpc) is 2.29. The molecular weight excluding hydrogens is 306 g/mol. The first-order valence-corrected chi connectivity index (χ1v) is 7.42. The molecule has 0 aliphatic carbocycles. The van der Waals surface area contributed by atoms with Gasteiger partial charge in [-0.1, -0.05) is 13.8 Å². The zero-order chi connectivity index (χ0) is 14.4. The molecule has 0 bridgehead atoms. The molecule has 0 unspecified atom stereocenters. The lowest BCUT2D eigenvalue weighted by molar-refractivity contribution is 0.0943. The van der Waals surface area contributed by atoms with E-state index in [9.17, 15) is 4.79 Å². The van der Waals surface area contributed by atoms with Gasteiger partial charge >= 0.3 is 0 Å². The predicted octanol–water partition coefficient (Wildman–Crippen LogP) is 4.01. The molecule has 0 saturated heterocycles. The van der Waals surface area contributed by atoms with Crippen molar-refractivity contribution in [1.29, 1.82) is 0 Å². The Labute approximate surface area is 123 Å². The first-order valence-electron chi connectivity index (χ1n) is 6.63. The number of ether oxygens (including phenoxy) is 1. The highest BCUT2D eigenvalue weighted by Gasteiger charge is 2.10. The largest absolute Gasteiger partial charge is 0.492 e. The van der Waals surface area contributed by atoms with E-state index in [4.69, 9.17) is 4.74 Å². The van der Waals surface area contributed by atoms with Crippen LogP contribution in [0.4, 0.5) is 0 Å². The van der Waals surface area contributed by atoms with Crippen LogP contribution in [-0.2, 0) is 0 Å². The van der Waals surface area contributed by atoms with Gasteiger partial charge in [-0.15, -0.1) is 0 Å². The standard InChI is InChI=1S/C15H22BrNO2/c1-10(2)7-8-19-14-6-5-12(9-13(14)16)15(18)17-11(3)4/h5-6,9-11H,7-8H2,1-4H3,(H,17,18). The Morgan fingerprint density at radius 3 is 2.53 bits per heavy atom. The van der Waals surface area contributed by atoms with Gasteiger partial charge in [0.15, 0.2) is 0 Å². The first-order chi connectivity index (χ1) is 8.90. The van der Waals surface area contributed by atoms with Crippen LogP contribution in [0.5, 0.6) is 5.75 Å². The average molecular weight is 328 g/mol. The Bertz CT molecular complexity index is 430. The molecular formula is C15H22BrNO2. The zero-order valence-corrected chi connectivity index (χ0v) is 13.6. The van der Waals surface area contributed by atoms with Crippen molar-refractivity contribution in [2.75, 3.05) is 6.61 Å². The molecule has 0 saturated carbocycles. The van der Waals surface area contributed by atoms with Gasteiger partial charge in [0.25, 0.3) is 5.91 Å². The van der Waals surface area contributed by atoms with Crippen molar-refractivity contribution in [3.63, 3.8) is 0 Å². The Hall–Kier alpha value is -1.03. The van der Waals surface area contributed by atoms with Gasteiger partial charge in [0.05, 0.1) is 11.1 Å². The summed E-state index contributed by atoms with van der Waals surface area (Å²) >= 11 is 3.44. The Morgan fingerprint density at radius 1 is 1.32 bits per heavy atom. The molecule has 4 heteroatoms. The lowest BCUT2D eigenvalue weighted by Crippen LogP contribution is -2.30. The number of hydrogen-bond acceptors (Lipinski definition) is 2. The third kappa shape index (κ3) is 5.64. The van der Waals surface area contributed by atoms with Crippen molar-refractivity contribution in [3.05, 3.63) is 28.2 Å². The molecule has 1 N–H and O–H groups in total. The van der Waals surface area contributed by atoms with Gasteiger partial charge in [0.2, 0.25) is 0 Å². The first kappa shape index (κ1) is 16.0. The lowest BCUT2D eigenvalue weighted by Gasteiger charge is -2.12. The summed E-state index contributed by atoms with van der Waals surface area (Å²) in [7, 11) is 0. The van der Waals surface area contributed by atoms with E-state index in [-0.39, 0.29) is 11.9 Å². The highest BCUT2D eigenvalue weighted by Crippen LogP contribution is 2.26. The zero-order valence-electron chi connectivity index (χ0n) is 12.0. The van der Waals surface area contributed by atoms with Crippen LogP contribution in [0.15, 0.2) is 22.7 Å². The number of rotatable bonds is 6. The number of nitrogens with one attached hydrogen (secondary N) is 1.